The Morgan fingerprint density at radius 3 is 2.75 bits per heavy atom. The Labute approximate surface area is 195 Å². The Balaban J connectivity index is 0.00000280. The first-order valence-electron chi connectivity index (χ1n) is 8.89. The van der Waals surface area contributed by atoms with Crippen molar-refractivity contribution in [1.82, 2.24) is 15.6 Å². The van der Waals surface area contributed by atoms with Gasteiger partial charge in [0.1, 0.15) is 5.76 Å². The van der Waals surface area contributed by atoms with Crippen molar-refractivity contribution in [3.05, 3.63) is 75.0 Å². The van der Waals surface area contributed by atoms with Gasteiger partial charge in [0.25, 0.3) is 0 Å². The van der Waals surface area contributed by atoms with Crippen LogP contribution in [0.1, 0.15) is 29.2 Å². The molecule has 0 fully saturated rings. The highest BCUT2D eigenvalue weighted by molar-refractivity contribution is 14.0. The van der Waals surface area contributed by atoms with Crippen LogP contribution in [0.25, 0.3) is 0 Å². The van der Waals surface area contributed by atoms with Crippen molar-refractivity contribution in [3.8, 4) is 0 Å². The second-order valence-electron chi connectivity index (χ2n) is 6.20. The minimum absolute atomic E-state index is 0. The first-order valence-corrected chi connectivity index (χ1v) is 10.6. The van der Waals surface area contributed by atoms with Gasteiger partial charge in [0.15, 0.2) is 5.96 Å². The highest BCUT2D eigenvalue weighted by Gasteiger charge is 2.09. The molecule has 1 unspecified atom stereocenters. The molecular formula is C20H24BrIN4OS. The molecule has 0 saturated heterocycles. The van der Waals surface area contributed by atoms with Gasteiger partial charge in [-0.3, -0.25) is 0 Å². The molecule has 2 aromatic heterocycles. The van der Waals surface area contributed by atoms with Crippen LogP contribution in [-0.4, -0.2) is 24.0 Å². The van der Waals surface area contributed by atoms with E-state index in [1.165, 1.54) is 5.56 Å². The van der Waals surface area contributed by atoms with Crippen LogP contribution in [0.15, 0.2) is 68.1 Å². The summed E-state index contributed by atoms with van der Waals surface area (Å²) in [4.78, 5) is 9.12. The van der Waals surface area contributed by atoms with Gasteiger partial charge in [-0.1, -0.05) is 35.0 Å². The van der Waals surface area contributed by atoms with Crippen LogP contribution in [0.3, 0.4) is 0 Å². The maximum absolute atomic E-state index is 5.39. The SMILES string of the molecule is CC(CNC(=NCc1ccc(Br)cc1)NCCc1ccco1)c1nccs1.I. The van der Waals surface area contributed by atoms with E-state index in [1.807, 2.05) is 35.8 Å². The third kappa shape index (κ3) is 7.56. The Hall–Kier alpha value is -1.39. The van der Waals surface area contributed by atoms with Gasteiger partial charge in [-0.25, -0.2) is 9.98 Å². The van der Waals surface area contributed by atoms with Crippen LogP contribution >= 0.6 is 51.2 Å². The maximum Gasteiger partial charge on any atom is 0.191 e. The molecular weight excluding hydrogens is 551 g/mol. The van der Waals surface area contributed by atoms with E-state index in [1.54, 1.807) is 17.6 Å². The number of thiazole rings is 1. The average molecular weight is 575 g/mol. The highest BCUT2D eigenvalue weighted by Crippen LogP contribution is 2.16. The predicted molar refractivity (Wildman–Crippen MR) is 130 cm³/mol. The molecule has 3 aromatic rings. The van der Waals surface area contributed by atoms with Crippen LogP contribution in [-0.2, 0) is 13.0 Å². The first-order chi connectivity index (χ1) is 13.2. The summed E-state index contributed by atoms with van der Waals surface area (Å²) in [7, 11) is 0. The molecule has 0 bridgehead atoms. The molecule has 8 heteroatoms. The Morgan fingerprint density at radius 2 is 2.07 bits per heavy atom. The molecule has 0 spiro atoms. The summed E-state index contributed by atoms with van der Waals surface area (Å²) in [5.41, 5.74) is 1.17. The van der Waals surface area contributed by atoms with Gasteiger partial charge in [0.2, 0.25) is 0 Å². The van der Waals surface area contributed by atoms with Crippen molar-refractivity contribution in [2.45, 2.75) is 25.8 Å². The van der Waals surface area contributed by atoms with E-state index in [2.05, 4.69) is 50.6 Å². The molecule has 1 aromatic carbocycles. The second-order valence-corrected chi connectivity index (χ2v) is 8.04. The number of hydrogen-bond acceptors (Lipinski definition) is 4. The van der Waals surface area contributed by atoms with Crippen LogP contribution in [0, 0.1) is 0 Å². The zero-order valence-electron chi connectivity index (χ0n) is 15.6. The average Bonchev–Trinajstić information content (AvgIpc) is 3.38. The Kier molecular flexibility index (Phi) is 10.0. The van der Waals surface area contributed by atoms with Crippen molar-refractivity contribution in [1.29, 1.82) is 0 Å². The fourth-order valence-electron chi connectivity index (χ4n) is 2.51. The van der Waals surface area contributed by atoms with Gasteiger partial charge < -0.3 is 15.1 Å². The minimum atomic E-state index is 0. The number of hydrogen-bond donors (Lipinski definition) is 2. The largest absolute Gasteiger partial charge is 0.469 e. The maximum atomic E-state index is 5.39. The summed E-state index contributed by atoms with van der Waals surface area (Å²) in [6.45, 7) is 4.32. The van der Waals surface area contributed by atoms with Crippen molar-refractivity contribution in [2.24, 2.45) is 4.99 Å². The Morgan fingerprint density at radius 1 is 1.25 bits per heavy atom. The van der Waals surface area contributed by atoms with E-state index in [0.29, 0.717) is 12.5 Å². The summed E-state index contributed by atoms with van der Waals surface area (Å²) in [6.07, 6.45) is 4.36. The lowest BCUT2D eigenvalue weighted by Crippen LogP contribution is -2.40. The predicted octanol–water partition coefficient (Wildman–Crippen LogP) is 5.20. The van der Waals surface area contributed by atoms with E-state index in [4.69, 9.17) is 9.41 Å². The van der Waals surface area contributed by atoms with Gasteiger partial charge in [-0.15, -0.1) is 35.3 Å². The summed E-state index contributed by atoms with van der Waals surface area (Å²) in [5.74, 6) is 2.09. The Bertz CT molecular complexity index is 823. The summed E-state index contributed by atoms with van der Waals surface area (Å²) in [6, 6.07) is 12.1. The van der Waals surface area contributed by atoms with Crippen molar-refractivity contribution in [3.63, 3.8) is 0 Å². The van der Waals surface area contributed by atoms with Gasteiger partial charge >= 0.3 is 0 Å². The van der Waals surface area contributed by atoms with Crippen LogP contribution < -0.4 is 10.6 Å². The molecule has 5 nitrogen and oxygen atoms in total. The first kappa shape index (κ1) is 22.9. The van der Waals surface area contributed by atoms with Crippen molar-refractivity contribution < 1.29 is 4.42 Å². The molecule has 0 radical (unpaired) electrons. The normalized spacial score (nSPS) is 12.3. The molecule has 1 atom stereocenters. The van der Waals surface area contributed by atoms with E-state index in [0.717, 1.165) is 40.7 Å². The lowest BCUT2D eigenvalue weighted by molar-refractivity contribution is 0.506. The number of aliphatic imine (C=N–C) groups is 1. The quantitative estimate of drug-likeness (QED) is 0.221. The molecule has 0 amide bonds. The third-order valence-electron chi connectivity index (χ3n) is 4.03. The zero-order valence-corrected chi connectivity index (χ0v) is 20.3. The standard InChI is InChI=1S/C20H23BrN4OS.HI/c1-15(19-22-10-12-27-19)13-24-20(23-9-8-18-3-2-11-26-18)25-14-16-4-6-17(21)7-5-16;/h2-7,10-12,15H,8-9,13-14H2,1H3,(H2,23,24,25);1H. The number of nitrogens with zero attached hydrogens (tertiary/aromatic N) is 2. The molecule has 150 valence electrons. The number of nitrogens with one attached hydrogen (secondary N) is 2. The lowest BCUT2D eigenvalue weighted by atomic mass is 10.2. The van der Waals surface area contributed by atoms with Gasteiger partial charge in [-0.05, 0) is 29.8 Å². The topological polar surface area (TPSA) is 62.5 Å². The summed E-state index contributed by atoms with van der Waals surface area (Å²) >= 11 is 5.15. The summed E-state index contributed by atoms with van der Waals surface area (Å²) < 4.78 is 6.46. The highest BCUT2D eigenvalue weighted by atomic mass is 127. The molecule has 2 N–H and O–H groups in total. The number of rotatable bonds is 8. The fraction of sp³-hybridized carbons (Fsp3) is 0.300. The molecule has 0 aliphatic rings. The molecule has 0 saturated carbocycles. The van der Waals surface area contributed by atoms with Gasteiger partial charge in [0, 0.05) is 41.5 Å². The summed E-state index contributed by atoms with van der Waals surface area (Å²) in [5, 5.41) is 9.97. The smallest absolute Gasteiger partial charge is 0.191 e. The number of benzene rings is 1. The van der Waals surface area contributed by atoms with Gasteiger partial charge in [-0.2, -0.15) is 0 Å². The third-order valence-corrected chi connectivity index (χ3v) is 5.56. The zero-order chi connectivity index (χ0) is 18.9. The molecule has 2 heterocycles. The number of guanidine groups is 1. The van der Waals surface area contributed by atoms with Crippen molar-refractivity contribution in [2.75, 3.05) is 13.1 Å². The van der Waals surface area contributed by atoms with E-state index in [-0.39, 0.29) is 24.0 Å². The van der Waals surface area contributed by atoms with E-state index < -0.39 is 0 Å². The second kappa shape index (κ2) is 12.2. The molecule has 0 aliphatic heterocycles. The van der Waals surface area contributed by atoms with Gasteiger partial charge in [0.05, 0.1) is 17.8 Å². The number of halogens is 2. The van der Waals surface area contributed by atoms with E-state index in [9.17, 15) is 0 Å². The monoisotopic (exact) mass is 574 g/mol. The lowest BCUT2D eigenvalue weighted by Gasteiger charge is -2.15. The van der Waals surface area contributed by atoms with Crippen molar-refractivity contribution >= 4 is 57.2 Å². The minimum Gasteiger partial charge on any atom is -0.469 e. The number of furan rings is 1. The van der Waals surface area contributed by atoms with Crippen LogP contribution in [0.2, 0.25) is 0 Å². The number of aromatic nitrogens is 1. The molecule has 28 heavy (non-hydrogen) atoms. The molecule has 3 rings (SSSR count). The van der Waals surface area contributed by atoms with Crippen LogP contribution in [0.5, 0.6) is 0 Å². The molecule has 0 aliphatic carbocycles. The fourth-order valence-corrected chi connectivity index (χ4v) is 3.47. The van der Waals surface area contributed by atoms with E-state index >= 15 is 0 Å². The van der Waals surface area contributed by atoms with Crippen LogP contribution in [0.4, 0.5) is 0 Å².